The summed E-state index contributed by atoms with van der Waals surface area (Å²) in [5, 5.41) is 13.8. The number of anilines is 2. The first-order chi connectivity index (χ1) is 27.1. The number of nitrogens with zero attached hydrogens (tertiary/aromatic N) is 5. The summed E-state index contributed by atoms with van der Waals surface area (Å²) < 4.78 is 36.6. The van der Waals surface area contributed by atoms with E-state index in [0.717, 1.165) is 35.5 Å². The predicted molar refractivity (Wildman–Crippen MR) is 214 cm³/mol. The lowest BCUT2D eigenvalue weighted by Gasteiger charge is -2.40. The molecule has 12 heteroatoms. The monoisotopic (exact) mass is 776 g/mol. The van der Waals surface area contributed by atoms with E-state index in [1.165, 1.54) is 12.1 Å². The largest absolute Gasteiger partial charge is 0.388 e. The van der Waals surface area contributed by atoms with Crippen molar-refractivity contribution in [3.8, 4) is 17.3 Å². The number of carbonyl (C=O) groups excluding carboxylic acids is 2. The van der Waals surface area contributed by atoms with Gasteiger partial charge in [0.25, 0.3) is 18.2 Å². The van der Waals surface area contributed by atoms with Gasteiger partial charge in [-0.25, -0.2) is 8.78 Å². The molecular weight excluding hydrogens is 734 g/mol. The molecule has 2 aliphatic heterocycles. The van der Waals surface area contributed by atoms with Crippen molar-refractivity contribution in [2.24, 2.45) is 7.05 Å². The number of nitrogens with one attached hydrogen (secondary N) is 1. The zero-order chi connectivity index (χ0) is 39.5. The molecule has 1 aromatic heterocycles. The molecule has 0 unspecified atom stereocenters. The summed E-state index contributed by atoms with van der Waals surface area (Å²) in [4.78, 5) is 35.5. The van der Waals surface area contributed by atoms with Crippen LogP contribution < -0.4 is 10.2 Å². The van der Waals surface area contributed by atoms with Gasteiger partial charge in [0.15, 0.2) is 0 Å². The second-order valence-electron chi connectivity index (χ2n) is 14.2. The molecule has 3 heterocycles. The maximum atomic E-state index is 15.0. The third-order valence-corrected chi connectivity index (χ3v) is 11.3. The van der Waals surface area contributed by atoms with Crippen molar-refractivity contribution in [1.82, 2.24) is 14.4 Å². The third-order valence-electron chi connectivity index (χ3n) is 11.0. The molecule has 5 aromatic rings. The Labute approximate surface area is 330 Å². The van der Waals surface area contributed by atoms with Gasteiger partial charge >= 0.3 is 0 Å². The molecule has 4 aromatic carbocycles. The number of hydrogen-bond acceptors (Lipinski definition) is 6. The molecule has 0 saturated carbocycles. The van der Waals surface area contributed by atoms with Gasteiger partial charge in [0, 0.05) is 85.2 Å². The van der Waals surface area contributed by atoms with E-state index in [-0.39, 0.29) is 41.1 Å². The van der Waals surface area contributed by atoms with Gasteiger partial charge in [0.05, 0.1) is 42.5 Å². The highest BCUT2D eigenvalue weighted by atomic mass is 35.5. The molecular formula is C44H43ClF2N6O3. The van der Waals surface area contributed by atoms with Crippen molar-refractivity contribution in [2.75, 3.05) is 50.1 Å². The number of aromatic nitrogens is 1. The first-order valence-electron chi connectivity index (χ1n) is 18.6. The summed E-state index contributed by atoms with van der Waals surface area (Å²) in [6.45, 7) is 5.62. The number of para-hydroxylation sites is 1. The molecule has 0 bridgehead atoms. The Kier molecular flexibility index (Phi) is 11.5. The zero-order valence-corrected chi connectivity index (χ0v) is 32.3. The second kappa shape index (κ2) is 16.7. The minimum absolute atomic E-state index is 0.120. The van der Waals surface area contributed by atoms with Gasteiger partial charge in [-0.1, -0.05) is 54.1 Å². The Morgan fingerprint density at radius 3 is 2.38 bits per heavy atom. The molecule has 0 aliphatic carbocycles. The van der Waals surface area contributed by atoms with Gasteiger partial charge in [0.1, 0.15) is 0 Å². The predicted octanol–water partition coefficient (Wildman–Crippen LogP) is 8.25. The Morgan fingerprint density at radius 1 is 0.982 bits per heavy atom. The number of fused-ring (bicyclic) bond motifs is 1. The molecule has 2 amide bonds. The topological polar surface area (TPSA) is 93.8 Å². The number of alkyl halides is 2. The molecule has 1 atom stereocenters. The standard InChI is InChI=1S/C44H43ClF2N6O3/c1-28-36(43(54)52(34-14-12-33(45)13-15-34)26-31-10-6-7-11-40(31)49-2)23-41(50(28)3)38-22-37(42(46)47)32(24-48)21-39(38)44(55)53-25-30-9-5-4-8-29(30)20-35(53)27-51-16-18-56-19-17-51/h4-15,21-23,35,42,49H,16-20,25-27H2,1-3H3/t35-/m0/s1. The molecule has 1 saturated heterocycles. The number of nitriles is 1. The summed E-state index contributed by atoms with van der Waals surface area (Å²) in [6.07, 6.45) is -2.35. The van der Waals surface area contributed by atoms with Crippen molar-refractivity contribution in [1.29, 1.82) is 5.26 Å². The lowest BCUT2D eigenvalue weighted by molar-refractivity contribution is 0.0193. The van der Waals surface area contributed by atoms with Crippen molar-refractivity contribution in [3.63, 3.8) is 0 Å². The van der Waals surface area contributed by atoms with E-state index >= 15 is 4.79 Å². The number of amides is 2. The highest BCUT2D eigenvalue weighted by Gasteiger charge is 2.35. The lowest BCUT2D eigenvalue weighted by Crippen LogP contribution is -2.52. The quantitative estimate of drug-likeness (QED) is 0.154. The van der Waals surface area contributed by atoms with Crippen LogP contribution in [0.3, 0.4) is 0 Å². The Balaban J connectivity index is 1.33. The SMILES string of the molecule is CNc1ccccc1CN(C(=O)c1cc(-c2cc(C(F)F)c(C#N)cc2C(=O)N2Cc3ccccc3C[C@H]2CN2CCOCC2)n(C)c1C)c1ccc(Cl)cc1. The van der Waals surface area contributed by atoms with Gasteiger partial charge in [-0.15, -0.1) is 0 Å². The average Bonchev–Trinajstić information content (AvgIpc) is 3.52. The Hall–Kier alpha value is -5.54. The fourth-order valence-electron chi connectivity index (χ4n) is 7.80. The maximum absolute atomic E-state index is 15.0. The minimum Gasteiger partial charge on any atom is -0.388 e. The van der Waals surface area contributed by atoms with E-state index in [9.17, 15) is 18.8 Å². The normalized spacial score (nSPS) is 15.7. The second-order valence-corrected chi connectivity index (χ2v) is 14.7. The number of benzene rings is 4. The van der Waals surface area contributed by atoms with Gasteiger partial charge < -0.3 is 24.4 Å². The maximum Gasteiger partial charge on any atom is 0.265 e. The first-order valence-corrected chi connectivity index (χ1v) is 19.0. The molecule has 0 radical (unpaired) electrons. The molecule has 7 rings (SSSR count). The fourth-order valence-corrected chi connectivity index (χ4v) is 7.93. The van der Waals surface area contributed by atoms with E-state index in [0.29, 0.717) is 60.4 Å². The van der Waals surface area contributed by atoms with Crippen LogP contribution in [0.5, 0.6) is 0 Å². The van der Waals surface area contributed by atoms with Gasteiger partial charge in [-0.3, -0.25) is 14.5 Å². The van der Waals surface area contributed by atoms with E-state index in [1.54, 1.807) is 53.8 Å². The molecule has 56 heavy (non-hydrogen) atoms. The van der Waals surface area contributed by atoms with E-state index in [2.05, 4.69) is 16.3 Å². The van der Waals surface area contributed by atoms with Crippen molar-refractivity contribution in [2.45, 2.75) is 38.9 Å². The summed E-state index contributed by atoms with van der Waals surface area (Å²) >= 11 is 6.25. The lowest BCUT2D eigenvalue weighted by atomic mass is 9.91. The van der Waals surface area contributed by atoms with Crippen molar-refractivity contribution in [3.05, 3.63) is 141 Å². The average molecular weight is 777 g/mol. The fraction of sp³-hybridized carbons (Fsp3) is 0.295. The van der Waals surface area contributed by atoms with Crippen LogP contribution in [0.1, 0.15) is 60.7 Å². The summed E-state index contributed by atoms with van der Waals surface area (Å²) in [6, 6.07) is 28.6. The van der Waals surface area contributed by atoms with Crippen LogP contribution in [0.4, 0.5) is 20.2 Å². The molecule has 288 valence electrons. The smallest absolute Gasteiger partial charge is 0.265 e. The molecule has 9 nitrogen and oxygen atoms in total. The van der Waals surface area contributed by atoms with Gasteiger partial charge in [0.2, 0.25) is 0 Å². The Bertz CT molecular complexity index is 2300. The number of ether oxygens (including phenoxy) is 1. The van der Waals surface area contributed by atoms with E-state index in [1.807, 2.05) is 60.5 Å². The number of halogens is 3. The minimum atomic E-state index is -2.97. The van der Waals surface area contributed by atoms with Crippen LogP contribution in [-0.4, -0.2) is 72.1 Å². The van der Waals surface area contributed by atoms with Gasteiger partial charge in [-0.2, -0.15) is 5.26 Å². The first kappa shape index (κ1) is 38.7. The van der Waals surface area contributed by atoms with Crippen LogP contribution in [0.25, 0.3) is 11.3 Å². The molecule has 1 N–H and O–H groups in total. The number of hydrogen-bond donors (Lipinski definition) is 1. The highest BCUT2D eigenvalue weighted by molar-refractivity contribution is 6.30. The third kappa shape index (κ3) is 7.78. The molecule has 0 spiro atoms. The highest BCUT2D eigenvalue weighted by Crippen LogP contribution is 2.37. The molecule has 1 fully saturated rings. The number of morpholine rings is 1. The van der Waals surface area contributed by atoms with Crippen LogP contribution in [0, 0.1) is 18.3 Å². The summed E-state index contributed by atoms with van der Waals surface area (Å²) in [7, 11) is 3.57. The van der Waals surface area contributed by atoms with Crippen molar-refractivity contribution < 1.29 is 23.1 Å². The van der Waals surface area contributed by atoms with Crippen LogP contribution in [0.2, 0.25) is 5.02 Å². The van der Waals surface area contributed by atoms with Crippen LogP contribution in [0.15, 0.2) is 91.0 Å². The summed E-state index contributed by atoms with van der Waals surface area (Å²) in [5.74, 6) is -0.699. The molecule has 2 aliphatic rings. The van der Waals surface area contributed by atoms with Crippen LogP contribution >= 0.6 is 11.6 Å². The summed E-state index contributed by atoms with van der Waals surface area (Å²) in [5.41, 5.74) is 5.41. The van der Waals surface area contributed by atoms with Gasteiger partial charge in [-0.05, 0) is 78.6 Å². The zero-order valence-electron chi connectivity index (χ0n) is 31.6. The van der Waals surface area contributed by atoms with E-state index in [4.69, 9.17) is 16.3 Å². The van der Waals surface area contributed by atoms with Crippen molar-refractivity contribution >= 4 is 34.8 Å². The number of carbonyl (C=O) groups is 2. The van der Waals surface area contributed by atoms with Crippen LogP contribution in [-0.2, 0) is 31.3 Å². The van der Waals surface area contributed by atoms with E-state index < -0.39 is 12.0 Å². The number of rotatable bonds is 10. The Morgan fingerprint density at radius 2 is 1.68 bits per heavy atom.